The summed E-state index contributed by atoms with van der Waals surface area (Å²) in [5.74, 6) is -1.57. The SMILES string of the molecule is CC(C)CNC(=O)C(=O)Nc1ccccc1C(=O)NCCc1ccccc1. The Morgan fingerprint density at radius 1 is 0.852 bits per heavy atom. The Morgan fingerprint density at radius 3 is 2.22 bits per heavy atom. The number of amides is 3. The molecule has 0 aliphatic heterocycles. The normalized spacial score (nSPS) is 10.3. The van der Waals surface area contributed by atoms with Gasteiger partial charge in [0.25, 0.3) is 5.91 Å². The van der Waals surface area contributed by atoms with E-state index in [2.05, 4.69) is 16.0 Å². The zero-order chi connectivity index (χ0) is 19.6. The van der Waals surface area contributed by atoms with E-state index >= 15 is 0 Å². The molecular formula is C21H25N3O3. The molecular weight excluding hydrogens is 342 g/mol. The van der Waals surface area contributed by atoms with Gasteiger partial charge >= 0.3 is 11.8 Å². The van der Waals surface area contributed by atoms with Crippen LogP contribution in [0.25, 0.3) is 0 Å². The van der Waals surface area contributed by atoms with Crippen molar-refractivity contribution in [1.82, 2.24) is 10.6 Å². The van der Waals surface area contributed by atoms with Gasteiger partial charge in [0.15, 0.2) is 0 Å². The lowest BCUT2D eigenvalue weighted by Crippen LogP contribution is -2.37. The van der Waals surface area contributed by atoms with Gasteiger partial charge in [0, 0.05) is 13.1 Å². The summed E-state index contributed by atoms with van der Waals surface area (Å²) in [6, 6.07) is 16.4. The first-order chi connectivity index (χ1) is 13.0. The highest BCUT2D eigenvalue weighted by atomic mass is 16.2. The lowest BCUT2D eigenvalue weighted by Gasteiger charge is -2.12. The second-order valence-electron chi connectivity index (χ2n) is 6.60. The molecule has 0 aliphatic rings. The molecule has 0 radical (unpaired) electrons. The lowest BCUT2D eigenvalue weighted by molar-refractivity contribution is -0.136. The number of hydrogen-bond donors (Lipinski definition) is 3. The number of benzene rings is 2. The van der Waals surface area contributed by atoms with E-state index in [0.717, 1.165) is 5.56 Å². The molecule has 0 fully saturated rings. The van der Waals surface area contributed by atoms with E-state index in [9.17, 15) is 14.4 Å². The van der Waals surface area contributed by atoms with Crippen LogP contribution in [0.5, 0.6) is 0 Å². The second-order valence-corrected chi connectivity index (χ2v) is 6.60. The first-order valence-corrected chi connectivity index (χ1v) is 8.97. The van der Waals surface area contributed by atoms with E-state index < -0.39 is 11.8 Å². The van der Waals surface area contributed by atoms with Crippen LogP contribution in [0.4, 0.5) is 5.69 Å². The minimum atomic E-state index is -0.791. The van der Waals surface area contributed by atoms with Crippen LogP contribution >= 0.6 is 0 Å². The number of hydrogen-bond acceptors (Lipinski definition) is 3. The molecule has 3 amide bonds. The number of anilines is 1. The third kappa shape index (κ3) is 6.58. The summed E-state index contributed by atoms with van der Waals surface area (Å²) >= 11 is 0. The van der Waals surface area contributed by atoms with Crippen LogP contribution in [0.2, 0.25) is 0 Å². The molecule has 0 unspecified atom stereocenters. The lowest BCUT2D eigenvalue weighted by atomic mass is 10.1. The van der Waals surface area contributed by atoms with Gasteiger partial charge < -0.3 is 16.0 Å². The second kappa shape index (κ2) is 10.1. The molecule has 2 aromatic rings. The van der Waals surface area contributed by atoms with Crippen molar-refractivity contribution < 1.29 is 14.4 Å². The maximum atomic E-state index is 12.5. The maximum absolute atomic E-state index is 12.5. The number of carbonyl (C=O) groups is 3. The van der Waals surface area contributed by atoms with Crippen LogP contribution in [0.15, 0.2) is 54.6 Å². The largest absolute Gasteiger partial charge is 0.352 e. The molecule has 0 heterocycles. The standard InChI is InChI=1S/C21H25N3O3/c1-15(2)14-23-20(26)21(27)24-18-11-7-6-10-17(18)19(25)22-13-12-16-8-4-3-5-9-16/h3-11,15H,12-14H2,1-2H3,(H,22,25)(H,23,26)(H,24,27). The third-order valence-electron chi connectivity index (χ3n) is 3.84. The zero-order valence-electron chi connectivity index (χ0n) is 15.6. The summed E-state index contributed by atoms with van der Waals surface area (Å²) in [4.78, 5) is 36.3. The van der Waals surface area contributed by atoms with E-state index in [1.807, 2.05) is 44.2 Å². The van der Waals surface area contributed by atoms with Crippen LogP contribution in [0.1, 0.15) is 29.8 Å². The van der Waals surface area contributed by atoms with Crippen LogP contribution in [-0.4, -0.2) is 30.8 Å². The van der Waals surface area contributed by atoms with Crippen molar-refractivity contribution in [3.05, 3.63) is 65.7 Å². The fourth-order valence-electron chi connectivity index (χ4n) is 2.41. The van der Waals surface area contributed by atoms with Crippen molar-refractivity contribution in [3.63, 3.8) is 0 Å². The molecule has 6 heteroatoms. The quantitative estimate of drug-likeness (QED) is 0.657. The van der Waals surface area contributed by atoms with Crippen molar-refractivity contribution in [2.45, 2.75) is 20.3 Å². The van der Waals surface area contributed by atoms with E-state index in [0.29, 0.717) is 30.8 Å². The number of rotatable bonds is 7. The molecule has 142 valence electrons. The van der Waals surface area contributed by atoms with Crippen molar-refractivity contribution in [2.24, 2.45) is 5.92 Å². The summed E-state index contributed by atoms with van der Waals surface area (Å²) < 4.78 is 0. The van der Waals surface area contributed by atoms with Gasteiger partial charge in [0.05, 0.1) is 11.3 Å². The number of nitrogens with one attached hydrogen (secondary N) is 3. The van der Waals surface area contributed by atoms with Gasteiger partial charge in [-0.25, -0.2) is 0 Å². The van der Waals surface area contributed by atoms with Gasteiger partial charge in [-0.1, -0.05) is 56.3 Å². The third-order valence-corrected chi connectivity index (χ3v) is 3.84. The fraction of sp³-hybridized carbons (Fsp3) is 0.286. The van der Waals surface area contributed by atoms with Crippen LogP contribution < -0.4 is 16.0 Å². The van der Waals surface area contributed by atoms with Crippen molar-refractivity contribution >= 4 is 23.4 Å². The first-order valence-electron chi connectivity index (χ1n) is 8.97. The molecule has 0 bridgehead atoms. The number of carbonyl (C=O) groups excluding carboxylic acids is 3. The minimum Gasteiger partial charge on any atom is -0.352 e. The van der Waals surface area contributed by atoms with Crippen LogP contribution in [0, 0.1) is 5.92 Å². The highest BCUT2D eigenvalue weighted by molar-refractivity contribution is 6.40. The molecule has 3 N–H and O–H groups in total. The van der Waals surface area contributed by atoms with Gasteiger partial charge in [-0.2, -0.15) is 0 Å². The molecule has 6 nitrogen and oxygen atoms in total. The van der Waals surface area contributed by atoms with Gasteiger partial charge in [0.2, 0.25) is 0 Å². The Labute approximate surface area is 159 Å². The predicted molar refractivity (Wildman–Crippen MR) is 105 cm³/mol. The van der Waals surface area contributed by atoms with Gasteiger partial charge in [0.1, 0.15) is 0 Å². The molecule has 0 saturated carbocycles. The summed E-state index contributed by atoms with van der Waals surface area (Å²) in [6.07, 6.45) is 0.707. The van der Waals surface area contributed by atoms with E-state index in [-0.39, 0.29) is 11.8 Å². The Balaban J connectivity index is 1.94. The smallest absolute Gasteiger partial charge is 0.313 e. The van der Waals surface area contributed by atoms with Gasteiger partial charge in [-0.15, -0.1) is 0 Å². The molecule has 27 heavy (non-hydrogen) atoms. The summed E-state index contributed by atoms with van der Waals surface area (Å²) in [6.45, 7) is 4.76. The monoisotopic (exact) mass is 367 g/mol. The summed E-state index contributed by atoms with van der Waals surface area (Å²) in [7, 11) is 0. The molecule has 2 aromatic carbocycles. The Bertz CT molecular complexity index is 788. The van der Waals surface area contributed by atoms with Crippen molar-refractivity contribution in [2.75, 3.05) is 18.4 Å². The van der Waals surface area contributed by atoms with E-state index in [1.54, 1.807) is 24.3 Å². The zero-order valence-corrected chi connectivity index (χ0v) is 15.6. The minimum absolute atomic E-state index is 0.240. The summed E-state index contributed by atoms with van der Waals surface area (Å²) in [5, 5.41) is 7.90. The molecule has 0 aromatic heterocycles. The van der Waals surface area contributed by atoms with Crippen molar-refractivity contribution in [3.8, 4) is 0 Å². The average molecular weight is 367 g/mol. The van der Waals surface area contributed by atoms with Crippen LogP contribution in [0.3, 0.4) is 0 Å². The molecule has 0 aliphatic carbocycles. The average Bonchev–Trinajstić information content (AvgIpc) is 2.67. The Hall–Kier alpha value is -3.15. The maximum Gasteiger partial charge on any atom is 0.313 e. The van der Waals surface area contributed by atoms with Crippen LogP contribution in [-0.2, 0) is 16.0 Å². The Kier molecular flexibility index (Phi) is 7.55. The molecule has 2 rings (SSSR count). The van der Waals surface area contributed by atoms with E-state index in [4.69, 9.17) is 0 Å². The molecule has 0 saturated heterocycles. The molecule has 0 atom stereocenters. The number of para-hydroxylation sites is 1. The summed E-state index contributed by atoms with van der Waals surface area (Å²) in [5.41, 5.74) is 1.75. The fourth-order valence-corrected chi connectivity index (χ4v) is 2.41. The van der Waals surface area contributed by atoms with Crippen molar-refractivity contribution in [1.29, 1.82) is 0 Å². The first kappa shape index (κ1) is 20.2. The van der Waals surface area contributed by atoms with Gasteiger partial charge in [-0.3, -0.25) is 14.4 Å². The van der Waals surface area contributed by atoms with Gasteiger partial charge in [-0.05, 0) is 30.0 Å². The highest BCUT2D eigenvalue weighted by Crippen LogP contribution is 2.15. The Morgan fingerprint density at radius 2 is 1.52 bits per heavy atom. The topological polar surface area (TPSA) is 87.3 Å². The predicted octanol–water partition coefficient (Wildman–Crippen LogP) is 2.37. The highest BCUT2D eigenvalue weighted by Gasteiger charge is 2.17. The van der Waals surface area contributed by atoms with E-state index in [1.165, 1.54) is 0 Å². The molecule has 0 spiro atoms.